The minimum atomic E-state index is -4.44. The van der Waals surface area contributed by atoms with Gasteiger partial charge < -0.3 is 9.84 Å². The Morgan fingerprint density at radius 1 is 0.897 bits per heavy atom. The average molecular weight is 429 g/mol. The Labute approximate surface area is 196 Å². The van der Waals surface area contributed by atoms with E-state index in [1.54, 1.807) is 12.1 Å². The molecule has 2 aromatic carbocycles. The molecular formula is C22H29NaO5S. The monoisotopic (exact) mass is 428 g/mol. The molecule has 5 nitrogen and oxygen atoms in total. The molecule has 7 heteroatoms. The fourth-order valence-electron chi connectivity index (χ4n) is 3.22. The van der Waals surface area contributed by atoms with Crippen LogP contribution in [0, 0.1) is 0 Å². The molecule has 154 valence electrons. The summed E-state index contributed by atoms with van der Waals surface area (Å²) in [6.07, 6.45) is 9.79. The van der Waals surface area contributed by atoms with Crippen LogP contribution in [0.15, 0.2) is 47.4 Å². The van der Waals surface area contributed by atoms with Gasteiger partial charge >= 0.3 is 29.6 Å². The van der Waals surface area contributed by atoms with Gasteiger partial charge in [-0.25, -0.2) is 0 Å². The number of hydrogen-bond donors (Lipinski definition) is 1. The van der Waals surface area contributed by atoms with Crippen LogP contribution in [0.25, 0.3) is 0 Å². The third kappa shape index (κ3) is 9.09. The predicted octanol–water partition coefficient (Wildman–Crippen LogP) is 2.49. The second-order valence-corrected chi connectivity index (χ2v) is 8.38. The van der Waals surface area contributed by atoms with E-state index < -0.39 is 10.1 Å². The summed E-state index contributed by atoms with van der Waals surface area (Å²) in [5.74, 6) is 0.248. The minimum Gasteiger partial charge on any atom is -0.872 e. The van der Waals surface area contributed by atoms with Crippen molar-refractivity contribution >= 4 is 10.1 Å². The Balaban J connectivity index is 0.00000420. The molecule has 0 unspecified atom stereocenters. The molecule has 0 fully saturated rings. The first-order valence-corrected chi connectivity index (χ1v) is 11.4. The molecule has 2 aromatic rings. The fourth-order valence-corrected chi connectivity index (χ4v) is 4.08. The Bertz CT molecular complexity index is 835. The number of hydrogen-bond acceptors (Lipinski definition) is 4. The van der Waals surface area contributed by atoms with E-state index in [1.165, 1.54) is 62.4 Å². The maximum Gasteiger partial charge on any atom is 1.00 e. The molecule has 0 radical (unpaired) electrons. The van der Waals surface area contributed by atoms with Crippen molar-refractivity contribution in [3.63, 3.8) is 0 Å². The quantitative estimate of drug-likeness (QED) is 0.319. The van der Waals surface area contributed by atoms with Gasteiger partial charge in [-0.3, -0.25) is 4.55 Å². The second kappa shape index (κ2) is 13.3. The van der Waals surface area contributed by atoms with Gasteiger partial charge in [-0.2, -0.15) is 8.42 Å². The molecule has 0 amide bonds. The van der Waals surface area contributed by atoms with Gasteiger partial charge in [0.1, 0.15) is 16.4 Å². The second-order valence-electron chi connectivity index (χ2n) is 7.02. The van der Waals surface area contributed by atoms with Crippen LogP contribution >= 0.6 is 0 Å². The molecule has 0 aromatic heterocycles. The predicted molar refractivity (Wildman–Crippen MR) is 109 cm³/mol. The number of rotatable bonds is 12. The normalized spacial score (nSPS) is 11.1. The Morgan fingerprint density at radius 2 is 1.48 bits per heavy atom. The topological polar surface area (TPSA) is 86.7 Å². The molecular weight excluding hydrogens is 399 g/mol. The van der Waals surface area contributed by atoms with Gasteiger partial charge in [0, 0.05) is 0 Å². The van der Waals surface area contributed by atoms with E-state index in [-0.39, 0.29) is 46.0 Å². The molecule has 2 rings (SSSR count). The Hall–Kier alpha value is -1.05. The molecule has 0 aliphatic rings. The van der Waals surface area contributed by atoms with Gasteiger partial charge in [-0.15, -0.1) is 5.75 Å². The van der Waals surface area contributed by atoms with Crippen LogP contribution in [0.2, 0.25) is 0 Å². The zero-order valence-corrected chi connectivity index (χ0v) is 20.2. The van der Waals surface area contributed by atoms with E-state index in [0.29, 0.717) is 17.7 Å². The maximum atomic E-state index is 12.0. The number of unbranched alkanes of at least 4 members (excludes halogenated alkanes) is 7. The van der Waals surface area contributed by atoms with E-state index >= 15 is 0 Å². The first-order valence-electron chi connectivity index (χ1n) is 9.96. The van der Waals surface area contributed by atoms with Crippen LogP contribution in [-0.2, 0) is 16.5 Å². The smallest absolute Gasteiger partial charge is 0.872 e. The fraction of sp³-hybridized carbons (Fsp3) is 0.455. The van der Waals surface area contributed by atoms with Crippen molar-refractivity contribution in [2.45, 2.75) is 69.6 Å². The van der Waals surface area contributed by atoms with Crippen molar-refractivity contribution in [2.24, 2.45) is 0 Å². The van der Waals surface area contributed by atoms with Gasteiger partial charge in [0.25, 0.3) is 10.1 Å². The van der Waals surface area contributed by atoms with Crippen molar-refractivity contribution in [3.8, 4) is 17.2 Å². The zero-order chi connectivity index (χ0) is 20.4. The number of benzene rings is 2. The summed E-state index contributed by atoms with van der Waals surface area (Å²) >= 11 is 0. The largest absolute Gasteiger partial charge is 1.00 e. The maximum absolute atomic E-state index is 12.0. The van der Waals surface area contributed by atoms with Crippen molar-refractivity contribution in [2.75, 3.05) is 0 Å². The van der Waals surface area contributed by atoms with Gasteiger partial charge in [-0.05, 0) is 36.6 Å². The van der Waals surface area contributed by atoms with Crippen LogP contribution in [0.4, 0.5) is 0 Å². The molecule has 29 heavy (non-hydrogen) atoms. The molecule has 1 N–H and O–H groups in total. The van der Waals surface area contributed by atoms with Crippen LogP contribution in [-0.4, -0.2) is 13.0 Å². The van der Waals surface area contributed by atoms with E-state index in [4.69, 9.17) is 4.74 Å². The average Bonchev–Trinajstić information content (AvgIpc) is 2.65. The molecule has 0 saturated heterocycles. The molecule has 0 aliphatic heterocycles. The summed E-state index contributed by atoms with van der Waals surface area (Å²) in [6.45, 7) is 2.20. The summed E-state index contributed by atoms with van der Waals surface area (Å²) in [5, 5.41) is 11.2. The van der Waals surface area contributed by atoms with Crippen LogP contribution in [0.5, 0.6) is 17.2 Å². The van der Waals surface area contributed by atoms with Crippen molar-refractivity contribution in [1.29, 1.82) is 0 Å². The summed E-state index contributed by atoms with van der Waals surface area (Å²) in [5.41, 5.74) is 0.548. The SMILES string of the molecule is CCCCCCCCCCc1cccc(Oc2ccc([O-])cc2)c1S(=O)(=O)O.[Na+]. The van der Waals surface area contributed by atoms with Crippen molar-refractivity contribution < 1.29 is 52.4 Å². The first kappa shape index (κ1) is 26.0. The summed E-state index contributed by atoms with van der Waals surface area (Å²) < 4.78 is 39.3. The van der Waals surface area contributed by atoms with Gasteiger partial charge in [-0.1, -0.05) is 76.1 Å². The molecule has 0 atom stereocenters. The van der Waals surface area contributed by atoms with Gasteiger partial charge in [0.2, 0.25) is 0 Å². The minimum absolute atomic E-state index is 0. The molecule has 0 spiro atoms. The number of ether oxygens (including phenoxy) is 1. The van der Waals surface area contributed by atoms with E-state index in [1.807, 2.05) is 0 Å². The molecule has 0 aliphatic carbocycles. The summed E-state index contributed by atoms with van der Waals surface area (Å²) in [4.78, 5) is -0.191. The first-order chi connectivity index (χ1) is 13.4. The third-order valence-electron chi connectivity index (χ3n) is 4.67. The summed E-state index contributed by atoms with van der Waals surface area (Å²) in [7, 11) is -4.44. The van der Waals surface area contributed by atoms with E-state index in [0.717, 1.165) is 19.3 Å². The molecule has 0 bridgehead atoms. The van der Waals surface area contributed by atoms with E-state index in [9.17, 15) is 18.1 Å². The standard InChI is InChI=1S/C22H30O5S.Na/c1-2-3-4-5-6-7-8-9-11-18-12-10-13-21(22(18)28(24,25)26)27-20-16-14-19(23)15-17-20;/h10,12-17,23H,2-9,11H2,1H3,(H,24,25,26);/q;+1/p-1. The van der Waals surface area contributed by atoms with Crippen molar-refractivity contribution in [1.82, 2.24) is 0 Å². The van der Waals surface area contributed by atoms with Gasteiger partial charge in [0.15, 0.2) is 0 Å². The van der Waals surface area contributed by atoms with Crippen LogP contribution < -0.4 is 39.4 Å². The Kier molecular flexibility index (Phi) is 11.9. The van der Waals surface area contributed by atoms with Crippen molar-refractivity contribution in [3.05, 3.63) is 48.0 Å². The molecule has 0 heterocycles. The molecule has 0 saturated carbocycles. The van der Waals surface area contributed by atoms with Crippen LogP contribution in [0.1, 0.15) is 63.9 Å². The summed E-state index contributed by atoms with van der Waals surface area (Å²) in [6, 6.07) is 10.6. The number of aryl methyl sites for hydroxylation is 1. The van der Waals surface area contributed by atoms with Gasteiger partial charge in [0.05, 0.1) is 0 Å². The van der Waals surface area contributed by atoms with Crippen LogP contribution in [0.3, 0.4) is 0 Å². The zero-order valence-electron chi connectivity index (χ0n) is 17.4. The Morgan fingerprint density at radius 3 is 2.07 bits per heavy atom. The van der Waals surface area contributed by atoms with E-state index in [2.05, 4.69) is 6.92 Å². The third-order valence-corrected chi connectivity index (χ3v) is 5.65.